The molecule has 3 rings (SSSR count). The van der Waals surface area contributed by atoms with E-state index in [-0.39, 0.29) is 11.2 Å². The highest BCUT2D eigenvalue weighted by Crippen LogP contribution is 2.25. The molecule has 158 valence electrons. The average Bonchev–Trinajstić information content (AvgIpc) is 3.10. The van der Waals surface area contributed by atoms with Crippen molar-refractivity contribution in [3.8, 4) is 0 Å². The molecule has 2 aromatic carbocycles. The minimum atomic E-state index is -0.352. The van der Waals surface area contributed by atoms with Crippen LogP contribution in [0.2, 0.25) is 10.0 Å². The van der Waals surface area contributed by atoms with Gasteiger partial charge < -0.3 is 15.2 Å². The van der Waals surface area contributed by atoms with Crippen molar-refractivity contribution in [2.24, 2.45) is 0 Å². The predicted octanol–water partition coefficient (Wildman–Crippen LogP) is 5.64. The van der Waals surface area contributed by atoms with Crippen LogP contribution in [0.4, 0.5) is 11.4 Å². The lowest BCUT2D eigenvalue weighted by atomic mass is 10.2. The third-order valence-corrected chi connectivity index (χ3v) is 6.20. The molecule has 0 aliphatic carbocycles. The van der Waals surface area contributed by atoms with Gasteiger partial charge in [0.15, 0.2) is 11.0 Å². The molecule has 0 spiro atoms. The molecule has 0 radical (unpaired) electrons. The van der Waals surface area contributed by atoms with Crippen molar-refractivity contribution in [1.29, 1.82) is 0 Å². The van der Waals surface area contributed by atoms with E-state index in [0.717, 1.165) is 17.1 Å². The van der Waals surface area contributed by atoms with E-state index in [2.05, 4.69) is 20.8 Å². The molecule has 0 bridgehead atoms. The van der Waals surface area contributed by atoms with Gasteiger partial charge in [0.05, 0.1) is 11.8 Å². The van der Waals surface area contributed by atoms with Crippen molar-refractivity contribution in [2.75, 3.05) is 10.6 Å². The van der Waals surface area contributed by atoms with Crippen LogP contribution in [-0.4, -0.2) is 25.9 Å². The number of nitrogens with zero attached hydrogens (tertiary/aromatic N) is 3. The normalized spacial score (nSPS) is 11.9. The number of carbonyl (C=O) groups is 1. The number of benzene rings is 2. The van der Waals surface area contributed by atoms with Gasteiger partial charge in [-0.15, -0.1) is 10.2 Å². The Kier molecular flexibility index (Phi) is 7.64. The Morgan fingerprint density at radius 1 is 1.17 bits per heavy atom. The summed E-state index contributed by atoms with van der Waals surface area (Å²) in [4.78, 5) is 12.5. The number of nitrogens with one attached hydrogen (secondary N) is 2. The van der Waals surface area contributed by atoms with Gasteiger partial charge in [-0.1, -0.05) is 47.1 Å². The number of anilines is 2. The number of carbonyl (C=O) groups excluding carboxylic acids is 1. The molecular formula is C21H23Cl2N5OS. The summed E-state index contributed by atoms with van der Waals surface area (Å²) in [5.74, 6) is 0.668. The van der Waals surface area contributed by atoms with Crippen molar-refractivity contribution in [3.63, 3.8) is 0 Å². The van der Waals surface area contributed by atoms with Crippen LogP contribution in [-0.2, 0) is 17.9 Å². The predicted molar refractivity (Wildman–Crippen MR) is 125 cm³/mol. The van der Waals surface area contributed by atoms with Crippen LogP contribution in [0.5, 0.6) is 0 Å². The second kappa shape index (κ2) is 10.2. The largest absolute Gasteiger partial charge is 0.378 e. The molecule has 1 aromatic heterocycles. The van der Waals surface area contributed by atoms with E-state index in [1.165, 1.54) is 11.8 Å². The molecule has 30 heavy (non-hydrogen) atoms. The van der Waals surface area contributed by atoms with E-state index >= 15 is 0 Å². The molecule has 0 aliphatic rings. The summed E-state index contributed by atoms with van der Waals surface area (Å²) < 4.78 is 2.00. The second-order valence-corrected chi connectivity index (χ2v) is 8.87. The van der Waals surface area contributed by atoms with E-state index in [9.17, 15) is 4.79 Å². The first-order valence-electron chi connectivity index (χ1n) is 9.52. The number of hydrogen-bond donors (Lipinski definition) is 2. The molecule has 6 nitrogen and oxygen atoms in total. The van der Waals surface area contributed by atoms with Crippen molar-refractivity contribution in [1.82, 2.24) is 14.8 Å². The quantitative estimate of drug-likeness (QED) is 0.422. The van der Waals surface area contributed by atoms with Crippen LogP contribution in [0.1, 0.15) is 25.2 Å². The van der Waals surface area contributed by atoms with E-state index in [0.29, 0.717) is 34.0 Å². The van der Waals surface area contributed by atoms with Crippen LogP contribution < -0.4 is 10.6 Å². The van der Waals surface area contributed by atoms with Crippen LogP contribution >= 0.6 is 35.0 Å². The molecule has 9 heteroatoms. The summed E-state index contributed by atoms with van der Waals surface area (Å²) in [6.45, 7) is 7.03. The Morgan fingerprint density at radius 2 is 1.97 bits per heavy atom. The van der Waals surface area contributed by atoms with E-state index < -0.39 is 0 Å². The zero-order valence-electron chi connectivity index (χ0n) is 16.9. The molecule has 3 aromatic rings. The van der Waals surface area contributed by atoms with E-state index in [1.807, 2.05) is 43.5 Å². The molecule has 1 amide bonds. The van der Waals surface area contributed by atoms with Crippen LogP contribution in [0.15, 0.2) is 47.6 Å². The molecular weight excluding hydrogens is 441 g/mol. The summed E-state index contributed by atoms with van der Waals surface area (Å²) in [5.41, 5.74) is 2.61. The number of amides is 1. The van der Waals surface area contributed by atoms with Crippen molar-refractivity contribution < 1.29 is 4.79 Å². The van der Waals surface area contributed by atoms with Crippen LogP contribution in [0.25, 0.3) is 0 Å². The van der Waals surface area contributed by atoms with Gasteiger partial charge in [0.1, 0.15) is 0 Å². The fraction of sp³-hybridized carbons (Fsp3) is 0.286. The maximum absolute atomic E-state index is 12.5. The summed E-state index contributed by atoms with van der Waals surface area (Å²) in [6.07, 6.45) is 0. The summed E-state index contributed by atoms with van der Waals surface area (Å²) in [7, 11) is 0. The lowest BCUT2D eigenvalue weighted by molar-refractivity contribution is -0.115. The smallest absolute Gasteiger partial charge is 0.237 e. The molecule has 0 aliphatic heterocycles. The third-order valence-electron chi connectivity index (χ3n) is 4.48. The Labute approximate surface area is 190 Å². The first kappa shape index (κ1) is 22.5. The van der Waals surface area contributed by atoms with Crippen molar-refractivity contribution in [3.05, 3.63) is 63.9 Å². The maximum Gasteiger partial charge on any atom is 0.237 e. The maximum atomic E-state index is 12.5. The highest BCUT2D eigenvalue weighted by atomic mass is 35.5. The Hall–Kier alpha value is -2.22. The molecule has 1 unspecified atom stereocenters. The fourth-order valence-electron chi connectivity index (χ4n) is 2.76. The highest BCUT2D eigenvalue weighted by Gasteiger charge is 2.20. The highest BCUT2D eigenvalue weighted by molar-refractivity contribution is 8.00. The van der Waals surface area contributed by atoms with Gasteiger partial charge in [-0.25, -0.2) is 0 Å². The molecule has 1 heterocycles. The Balaban J connectivity index is 1.64. The van der Waals surface area contributed by atoms with E-state index in [4.69, 9.17) is 23.2 Å². The molecule has 0 saturated heterocycles. The number of aromatic nitrogens is 3. The average molecular weight is 464 g/mol. The molecule has 2 N–H and O–H groups in total. The van der Waals surface area contributed by atoms with Gasteiger partial charge in [0, 0.05) is 28.0 Å². The number of hydrogen-bond acceptors (Lipinski definition) is 5. The first-order valence-corrected chi connectivity index (χ1v) is 11.2. The lowest BCUT2D eigenvalue weighted by Crippen LogP contribution is -2.23. The van der Waals surface area contributed by atoms with Crippen molar-refractivity contribution >= 4 is 52.2 Å². The number of rotatable bonds is 8. The standard InChI is InChI=1S/C21H23Cl2N5OS/c1-4-28-19(12-24-16-9-8-13(2)18(23)11-16)26-27-21(28)30-14(3)20(29)25-17-7-5-6-15(22)10-17/h5-11,14,24H,4,12H2,1-3H3,(H,25,29). The topological polar surface area (TPSA) is 71.8 Å². The Morgan fingerprint density at radius 3 is 2.67 bits per heavy atom. The van der Waals surface area contributed by atoms with Crippen LogP contribution in [0, 0.1) is 6.92 Å². The number of thioether (sulfide) groups is 1. The summed E-state index contributed by atoms with van der Waals surface area (Å²) >= 11 is 13.5. The fourth-order valence-corrected chi connectivity index (χ4v) is 4.06. The molecule has 0 fully saturated rings. The molecule has 1 atom stereocenters. The SMILES string of the molecule is CCn1c(CNc2ccc(C)c(Cl)c2)nnc1SC(C)C(=O)Nc1cccc(Cl)c1. The first-order chi connectivity index (χ1) is 14.4. The van der Waals surface area contributed by atoms with Gasteiger partial charge in [0.25, 0.3) is 0 Å². The summed E-state index contributed by atoms with van der Waals surface area (Å²) in [6, 6.07) is 12.9. The lowest BCUT2D eigenvalue weighted by Gasteiger charge is -2.13. The van der Waals surface area contributed by atoms with Gasteiger partial charge in [-0.05, 0) is 56.7 Å². The van der Waals surface area contributed by atoms with Gasteiger partial charge in [0.2, 0.25) is 5.91 Å². The van der Waals surface area contributed by atoms with Crippen LogP contribution in [0.3, 0.4) is 0 Å². The van der Waals surface area contributed by atoms with E-state index in [1.54, 1.807) is 24.3 Å². The monoisotopic (exact) mass is 463 g/mol. The Bertz CT molecular complexity index is 1040. The zero-order chi connectivity index (χ0) is 21.7. The molecule has 0 saturated carbocycles. The van der Waals surface area contributed by atoms with Gasteiger partial charge in [-0.2, -0.15) is 0 Å². The number of aryl methyl sites for hydroxylation is 1. The van der Waals surface area contributed by atoms with Crippen molar-refractivity contribution in [2.45, 2.75) is 44.3 Å². The minimum absolute atomic E-state index is 0.123. The van der Waals surface area contributed by atoms with Gasteiger partial charge in [-0.3, -0.25) is 4.79 Å². The zero-order valence-corrected chi connectivity index (χ0v) is 19.3. The second-order valence-electron chi connectivity index (χ2n) is 6.72. The number of halogens is 2. The summed E-state index contributed by atoms with van der Waals surface area (Å²) in [5, 5.41) is 16.4. The van der Waals surface area contributed by atoms with Gasteiger partial charge >= 0.3 is 0 Å². The minimum Gasteiger partial charge on any atom is -0.378 e. The third kappa shape index (κ3) is 5.68.